The minimum Gasteiger partial charge on any atom is -0.491 e. The Hall–Kier alpha value is -1.75. The van der Waals surface area contributed by atoms with Crippen molar-refractivity contribution in [1.82, 2.24) is 5.32 Å². The van der Waals surface area contributed by atoms with Crippen LogP contribution in [0.3, 0.4) is 0 Å². The summed E-state index contributed by atoms with van der Waals surface area (Å²) in [5.74, 6) is -0.203. The maximum Gasteiger partial charge on any atom is 0.231 e. The van der Waals surface area contributed by atoms with Crippen molar-refractivity contribution in [3.8, 4) is 5.75 Å². The zero-order valence-electron chi connectivity index (χ0n) is 12.2. The van der Waals surface area contributed by atoms with Gasteiger partial charge >= 0.3 is 0 Å². The molecule has 1 heterocycles. The average Bonchev–Trinajstić information content (AvgIpc) is 2.92. The maximum absolute atomic E-state index is 12.2. The first-order valence-corrected chi connectivity index (χ1v) is 8.02. The number of rotatable bonds is 3. The topological polar surface area (TPSA) is 67.4 Å². The number of benzene rings is 1. The van der Waals surface area contributed by atoms with Gasteiger partial charge in [-0.25, -0.2) is 0 Å². The monoisotopic (exact) mass is 322 g/mol. The Balaban J connectivity index is 1.61. The molecule has 1 aromatic carbocycles. The van der Waals surface area contributed by atoms with Gasteiger partial charge in [-0.05, 0) is 31.0 Å². The molecule has 1 fully saturated rings. The van der Waals surface area contributed by atoms with Crippen molar-refractivity contribution in [3.05, 3.63) is 23.2 Å². The lowest BCUT2D eigenvalue weighted by Gasteiger charge is -2.15. The van der Waals surface area contributed by atoms with Crippen LogP contribution in [0.15, 0.2) is 18.2 Å². The van der Waals surface area contributed by atoms with E-state index < -0.39 is 5.92 Å². The molecule has 1 unspecified atom stereocenters. The summed E-state index contributed by atoms with van der Waals surface area (Å²) >= 11 is 5.92. The van der Waals surface area contributed by atoms with Crippen LogP contribution in [0.5, 0.6) is 5.75 Å². The van der Waals surface area contributed by atoms with Gasteiger partial charge in [0.05, 0.1) is 11.6 Å². The lowest BCUT2D eigenvalue weighted by Crippen LogP contribution is -2.37. The molecule has 1 aliphatic heterocycles. The summed E-state index contributed by atoms with van der Waals surface area (Å²) in [7, 11) is 0. The predicted molar refractivity (Wildman–Crippen MR) is 84.1 cm³/mol. The molecule has 1 aromatic rings. The highest BCUT2D eigenvalue weighted by molar-refractivity contribution is 6.31. The molecule has 0 radical (unpaired) electrons. The van der Waals surface area contributed by atoms with Crippen molar-refractivity contribution in [2.24, 2.45) is 5.92 Å². The summed E-state index contributed by atoms with van der Waals surface area (Å²) in [6, 6.07) is 5.34. The van der Waals surface area contributed by atoms with Crippen LogP contribution in [0.4, 0.5) is 5.69 Å². The van der Waals surface area contributed by atoms with Crippen molar-refractivity contribution in [3.63, 3.8) is 0 Å². The summed E-state index contributed by atoms with van der Waals surface area (Å²) in [4.78, 5) is 24.3. The predicted octanol–water partition coefficient (Wildman–Crippen LogP) is 2.74. The van der Waals surface area contributed by atoms with E-state index in [1.807, 2.05) is 0 Å². The molecule has 0 aromatic heterocycles. The van der Waals surface area contributed by atoms with Gasteiger partial charge in [0, 0.05) is 17.5 Å². The van der Waals surface area contributed by atoms with E-state index in [9.17, 15) is 9.59 Å². The largest absolute Gasteiger partial charge is 0.491 e. The first kappa shape index (κ1) is 15.2. The Labute approximate surface area is 134 Å². The number of halogens is 1. The highest BCUT2D eigenvalue weighted by Crippen LogP contribution is 2.31. The van der Waals surface area contributed by atoms with Crippen molar-refractivity contribution in [2.45, 2.75) is 38.1 Å². The van der Waals surface area contributed by atoms with Crippen LogP contribution in [-0.2, 0) is 9.59 Å². The van der Waals surface area contributed by atoms with Gasteiger partial charge < -0.3 is 15.4 Å². The molecule has 22 heavy (non-hydrogen) atoms. The van der Waals surface area contributed by atoms with E-state index in [2.05, 4.69) is 10.6 Å². The third kappa shape index (κ3) is 3.53. The molecule has 118 valence electrons. The van der Waals surface area contributed by atoms with E-state index in [1.165, 1.54) is 0 Å². The van der Waals surface area contributed by atoms with Crippen LogP contribution >= 0.6 is 11.6 Å². The molecule has 1 atom stereocenters. The second kappa shape index (κ2) is 6.57. The van der Waals surface area contributed by atoms with Gasteiger partial charge in [-0.3, -0.25) is 9.59 Å². The fourth-order valence-electron chi connectivity index (χ4n) is 2.96. The Kier molecular flexibility index (Phi) is 4.52. The van der Waals surface area contributed by atoms with E-state index in [0.717, 1.165) is 25.7 Å². The number of fused-ring (bicyclic) bond motifs is 1. The van der Waals surface area contributed by atoms with Gasteiger partial charge in [-0.15, -0.1) is 0 Å². The third-order valence-corrected chi connectivity index (χ3v) is 4.40. The van der Waals surface area contributed by atoms with E-state index >= 15 is 0 Å². The second-order valence-corrected chi connectivity index (χ2v) is 6.33. The summed E-state index contributed by atoms with van der Waals surface area (Å²) in [5.41, 5.74) is 0.552. The summed E-state index contributed by atoms with van der Waals surface area (Å²) in [6.45, 7) is 0.193. The fraction of sp³-hybridized carbons (Fsp3) is 0.500. The number of amides is 2. The Morgan fingerprint density at radius 3 is 2.91 bits per heavy atom. The van der Waals surface area contributed by atoms with Crippen LogP contribution in [0.2, 0.25) is 5.02 Å². The van der Waals surface area contributed by atoms with Crippen LogP contribution in [0.25, 0.3) is 0 Å². The average molecular weight is 323 g/mol. The van der Waals surface area contributed by atoms with Gasteiger partial charge in [0.1, 0.15) is 12.4 Å². The number of anilines is 1. The Morgan fingerprint density at radius 2 is 2.14 bits per heavy atom. The fourth-order valence-corrected chi connectivity index (χ4v) is 3.13. The number of hydrogen-bond donors (Lipinski definition) is 2. The Bertz CT molecular complexity index is 585. The van der Waals surface area contributed by atoms with Gasteiger partial charge in [0.15, 0.2) is 0 Å². The van der Waals surface area contributed by atoms with Crippen LogP contribution in [-0.4, -0.2) is 24.5 Å². The molecule has 0 spiro atoms. The summed E-state index contributed by atoms with van der Waals surface area (Å²) in [6.07, 6.45) is 4.53. The minimum atomic E-state index is -0.493. The third-order valence-electron chi connectivity index (χ3n) is 4.16. The molecular weight excluding hydrogens is 304 g/mol. The number of nitrogens with one attached hydrogen (secondary N) is 2. The van der Waals surface area contributed by atoms with Gasteiger partial charge in [-0.2, -0.15) is 0 Å². The first-order chi connectivity index (χ1) is 10.6. The molecule has 2 aliphatic rings. The zero-order chi connectivity index (χ0) is 15.5. The van der Waals surface area contributed by atoms with E-state index in [0.29, 0.717) is 16.5 Å². The normalized spacial score (nSPS) is 21.5. The highest BCUT2D eigenvalue weighted by Gasteiger charge is 2.28. The van der Waals surface area contributed by atoms with Crippen molar-refractivity contribution in [1.29, 1.82) is 0 Å². The van der Waals surface area contributed by atoms with E-state index in [4.69, 9.17) is 16.3 Å². The molecular formula is C16H19ClN2O3. The molecule has 3 rings (SSSR count). The molecule has 5 nitrogen and oxygen atoms in total. The number of carbonyl (C=O) groups excluding carboxylic acids is 2. The summed E-state index contributed by atoms with van der Waals surface area (Å²) < 4.78 is 5.64. The van der Waals surface area contributed by atoms with Crippen molar-refractivity contribution in [2.75, 3.05) is 11.9 Å². The first-order valence-electron chi connectivity index (χ1n) is 7.64. The van der Waals surface area contributed by atoms with E-state index in [1.54, 1.807) is 18.2 Å². The van der Waals surface area contributed by atoms with Crippen LogP contribution in [0.1, 0.15) is 32.1 Å². The van der Waals surface area contributed by atoms with E-state index in [-0.39, 0.29) is 30.9 Å². The quantitative estimate of drug-likeness (QED) is 0.899. The lowest BCUT2D eigenvalue weighted by molar-refractivity contribution is -0.128. The molecule has 0 saturated heterocycles. The SMILES string of the molecule is O=C(CC1COc2ccc(Cl)cc2NC1=O)NC1CCCC1. The molecule has 6 heteroatoms. The molecule has 0 bridgehead atoms. The van der Waals surface area contributed by atoms with Crippen LogP contribution in [0, 0.1) is 5.92 Å². The smallest absolute Gasteiger partial charge is 0.231 e. The van der Waals surface area contributed by atoms with Crippen molar-refractivity contribution < 1.29 is 14.3 Å². The van der Waals surface area contributed by atoms with Gasteiger partial charge in [0.25, 0.3) is 0 Å². The van der Waals surface area contributed by atoms with Gasteiger partial charge in [0.2, 0.25) is 11.8 Å². The van der Waals surface area contributed by atoms with Gasteiger partial charge in [-0.1, -0.05) is 24.4 Å². The van der Waals surface area contributed by atoms with Crippen LogP contribution < -0.4 is 15.4 Å². The molecule has 1 aliphatic carbocycles. The highest BCUT2D eigenvalue weighted by atomic mass is 35.5. The lowest BCUT2D eigenvalue weighted by atomic mass is 10.0. The Morgan fingerprint density at radius 1 is 1.36 bits per heavy atom. The standard InChI is InChI=1S/C16H19ClN2O3/c17-11-5-6-14-13(8-11)19-16(21)10(9-22-14)7-15(20)18-12-3-1-2-4-12/h5-6,8,10,12H,1-4,7,9H2,(H,18,20)(H,19,21). The number of hydrogen-bond acceptors (Lipinski definition) is 3. The van der Waals surface area contributed by atoms with Crippen molar-refractivity contribution >= 4 is 29.1 Å². The molecule has 1 saturated carbocycles. The zero-order valence-corrected chi connectivity index (χ0v) is 13.0. The second-order valence-electron chi connectivity index (χ2n) is 5.89. The maximum atomic E-state index is 12.2. The molecule has 2 N–H and O–H groups in total. The number of ether oxygens (including phenoxy) is 1. The minimum absolute atomic E-state index is 0.0837. The number of carbonyl (C=O) groups is 2. The molecule has 2 amide bonds. The summed E-state index contributed by atoms with van der Waals surface area (Å²) in [5, 5.41) is 6.31.